The standard InChI is InChI=1S/C17H20N2O2/c1-17(2,3)21-16(20)19-10-8-13-12-6-4-5-7-14(12)18-15(13)9-11-19/h4-8H,9-11H2,1-3H3. The minimum atomic E-state index is -0.462. The third-order valence-corrected chi connectivity index (χ3v) is 3.55. The van der Waals surface area contributed by atoms with E-state index < -0.39 is 5.60 Å². The number of aliphatic imine (C=N–C) groups is 1. The van der Waals surface area contributed by atoms with Gasteiger partial charge in [-0.3, -0.25) is 4.99 Å². The summed E-state index contributed by atoms with van der Waals surface area (Å²) < 4.78 is 5.44. The molecule has 1 aromatic carbocycles. The number of amides is 1. The van der Waals surface area contributed by atoms with E-state index in [1.807, 2.05) is 39.0 Å². The second-order valence-corrected chi connectivity index (χ2v) is 6.37. The predicted octanol–water partition coefficient (Wildman–Crippen LogP) is 3.80. The fourth-order valence-corrected chi connectivity index (χ4v) is 2.60. The molecule has 0 saturated heterocycles. The van der Waals surface area contributed by atoms with Crippen molar-refractivity contribution in [1.82, 2.24) is 4.90 Å². The lowest BCUT2D eigenvalue weighted by molar-refractivity contribution is 0.0278. The maximum atomic E-state index is 12.2. The monoisotopic (exact) mass is 284 g/mol. The highest BCUT2D eigenvalue weighted by atomic mass is 16.6. The molecule has 0 spiro atoms. The number of benzene rings is 1. The average molecular weight is 284 g/mol. The van der Waals surface area contributed by atoms with Gasteiger partial charge in [0.2, 0.25) is 0 Å². The number of nitrogens with zero attached hydrogens (tertiary/aromatic N) is 2. The Balaban J connectivity index is 1.79. The molecule has 21 heavy (non-hydrogen) atoms. The van der Waals surface area contributed by atoms with Crippen LogP contribution in [0.5, 0.6) is 0 Å². The van der Waals surface area contributed by atoms with E-state index in [2.05, 4.69) is 17.1 Å². The molecule has 2 aliphatic rings. The highest BCUT2D eigenvalue weighted by molar-refractivity contribution is 6.29. The summed E-state index contributed by atoms with van der Waals surface area (Å²) in [5.41, 5.74) is 3.97. The van der Waals surface area contributed by atoms with E-state index in [1.165, 1.54) is 5.56 Å². The molecule has 4 heteroatoms. The minimum Gasteiger partial charge on any atom is -0.444 e. The van der Waals surface area contributed by atoms with Gasteiger partial charge in [-0.1, -0.05) is 24.3 Å². The van der Waals surface area contributed by atoms with Crippen LogP contribution in [0.2, 0.25) is 0 Å². The quantitative estimate of drug-likeness (QED) is 0.727. The van der Waals surface area contributed by atoms with Gasteiger partial charge in [-0.15, -0.1) is 0 Å². The second-order valence-electron chi connectivity index (χ2n) is 6.37. The van der Waals surface area contributed by atoms with E-state index >= 15 is 0 Å². The fourth-order valence-electron chi connectivity index (χ4n) is 2.60. The van der Waals surface area contributed by atoms with Gasteiger partial charge in [-0.25, -0.2) is 4.79 Å². The molecule has 3 rings (SSSR count). The number of fused-ring (bicyclic) bond motifs is 3. The van der Waals surface area contributed by atoms with Gasteiger partial charge < -0.3 is 9.64 Å². The molecule has 0 unspecified atom stereocenters. The third kappa shape index (κ3) is 2.84. The molecular weight excluding hydrogens is 264 g/mol. The van der Waals surface area contributed by atoms with Crippen LogP contribution >= 0.6 is 0 Å². The molecular formula is C17H20N2O2. The van der Waals surface area contributed by atoms with Crippen molar-refractivity contribution in [2.24, 2.45) is 4.99 Å². The second kappa shape index (κ2) is 5.02. The van der Waals surface area contributed by atoms with Crippen molar-refractivity contribution in [3.63, 3.8) is 0 Å². The largest absolute Gasteiger partial charge is 0.444 e. The Morgan fingerprint density at radius 3 is 2.81 bits per heavy atom. The van der Waals surface area contributed by atoms with Crippen molar-refractivity contribution in [3.05, 3.63) is 35.9 Å². The topological polar surface area (TPSA) is 41.9 Å². The third-order valence-electron chi connectivity index (χ3n) is 3.55. The first kappa shape index (κ1) is 13.9. The van der Waals surface area contributed by atoms with Gasteiger partial charge in [-0.05, 0) is 26.8 Å². The zero-order valence-electron chi connectivity index (χ0n) is 12.7. The maximum absolute atomic E-state index is 12.2. The first-order chi connectivity index (χ1) is 9.94. The molecule has 0 aromatic heterocycles. The number of hydrogen-bond donors (Lipinski definition) is 0. The predicted molar refractivity (Wildman–Crippen MR) is 83.9 cm³/mol. The Morgan fingerprint density at radius 1 is 1.29 bits per heavy atom. The van der Waals surface area contributed by atoms with Crippen molar-refractivity contribution in [3.8, 4) is 0 Å². The van der Waals surface area contributed by atoms with Crippen LogP contribution in [0, 0.1) is 0 Å². The first-order valence-corrected chi connectivity index (χ1v) is 7.29. The first-order valence-electron chi connectivity index (χ1n) is 7.29. The maximum Gasteiger partial charge on any atom is 0.410 e. The molecule has 0 N–H and O–H groups in total. The van der Waals surface area contributed by atoms with Crippen LogP contribution in [0.15, 0.2) is 35.3 Å². The summed E-state index contributed by atoms with van der Waals surface area (Å²) in [6.07, 6.45) is 2.59. The lowest BCUT2D eigenvalue weighted by Crippen LogP contribution is -2.37. The summed E-state index contributed by atoms with van der Waals surface area (Å²) in [5.74, 6) is 0. The molecule has 1 aromatic rings. The number of carbonyl (C=O) groups excluding carboxylic acids is 1. The van der Waals surface area contributed by atoms with Gasteiger partial charge in [0.15, 0.2) is 0 Å². The number of hydrogen-bond acceptors (Lipinski definition) is 3. The van der Waals surface area contributed by atoms with Crippen molar-refractivity contribution in [2.75, 3.05) is 13.1 Å². The minimum absolute atomic E-state index is 0.256. The molecule has 0 aliphatic carbocycles. The average Bonchev–Trinajstić information content (AvgIpc) is 2.61. The Morgan fingerprint density at radius 2 is 2.05 bits per heavy atom. The SMILES string of the molecule is CC(C)(C)OC(=O)N1CC=C2C(=Nc3ccccc32)CC1. The Kier molecular flexibility index (Phi) is 3.32. The van der Waals surface area contributed by atoms with Crippen molar-refractivity contribution < 1.29 is 9.53 Å². The Hall–Kier alpha value is -2.10. The fraction of sp³-hybridized carbons (Fsp3) is 0.412. The highest BCUT2D eigenvalue weighted by Gasteiger charge is 2.27. The van der Waals surface area contributed by atoms with Crippen LogP contribution in [0.4, 0.5) is 10.5 Å². The molecule has 2 heterocycles. The molecule has 0 radical (unpaired) electrons. The van der Waals surface area contributed by atoms with Crippen LogP contribution in [0.25, 0.3) is 5.57 Å². The number of ether oxygens (including phenoxy) is 1. The lowest BCUT2D eigenvalue weighted by atomic mass is 10.0. The number of para-hydroxylation sites is 1. The van der Waals surface area contributed by atoms with E-state index in [-0.39, 0.29) is 6.09 Å². The van der Waals surface area contributed by atoms with Gasteiger partial charge in [-0.2, -0.15) is 0 Å². The van der Waals surface area contributed by atoms with E-state index in [0.717, 1.165) is 23.4 Å². The van der Waals surface area contributed by atoms with Crippen LogP contribution in [0.3, 0.4) is 0 Å². The molecule has 110 valence electrons. The van der Waals surface area contributed by atoms with Gasteiger partial charge >= 0.3 is 6.09 Å². The number of allylic oxidation sites excluding steroid dienone is 1. The molecule has 0 saturated carbocycles. The lowest BCUT2D eigenvalue weighted by Gasteiger charge is -2.25. The molecule has 1 amide bonds. The van der Waals surface area contributed by atoms with Crippen LogP contribution in [0.1, 0.15) is 32.8 Å². The molecule has 0 atom stereocenters. The summed E-state index contributed by atoms with van der Waals surface area (Å²) in [7, 11) is 0. The van der Waals surface area contributed by atoms with E-state index in [1.54, 1.807) is 4.90 Å². The van der Waals surface area contributed by atoms with Crippen LogP contribution in [-0.2, 0) is 4.74 Å². The van der Waals surface area contributed by atoms with E-state index in [9.17, 15) is 4.79 Å². The summed E-state index contributed by atoms with van der Waals surface area (Å²) in [4.78, 5) is 18.6. The zero-order chi connectivity index (χ0) is 15.0. The van der Waals surface area contributed by atoms with Crippen molar-refractivity contribution in [2.45, 2.75) is 32.8 Å². The summed E-state index contributed by atoms with van der Waals surface area (Å²) in [6, 6.07) is 8.14. The molecule has 0 fully saturated rings. The molecule has 0 bridgehead atoms. The molecule has 2 aliphatic heterocycles. The Bertz CT molecular complexity index is 638. The van der Waals surface area contributed by atoms with E-state index in [4.69, 9.17) is 4.74 Å². The van der Waals surface area contributed by atoms with E-state index in [0.29, 0.717) is 13.1 Å². The van der Waals surface area contributed by atoms with Crippen molar-refractivity contribution in [1.29, 1.82) is 0 Å². The number of rotatable bonds is 0. The summed E-state index contributed by atoms with van der Waals surface area (Å²) >= 11 is 0. The van der Waals surface area contributed by atoms with Gasteiger partial charge in [0.05, 0.1) is 11.4 Å². The Labute approximate surface area is 125 Å². The zero-order valence-corrected chi connectivity index (χ0v) is 12.7. The normalized spacial score (nSPS) is 17.4. The summed E-state index contributed by atoms with van der Waals surface area (Å²) in [6.45, 7) is 6.86. The summed E-state index contributed by atoms with van der Waals surface area (Å²) in [5, 5.41) is 0. The molecule has 4 nitrogen and oxygen atoms in total. The number of carbonyl (C=O) groups is 1. The van der Waals surface area contributed by atoms with Crippen molar-refractivity contribution >= 4 is 23.1 Å². The van der Waals surface area contributed by atoms with Crippen LogP contribution in [-0.4, -0.2) is 35.4 Å². The smallest absolute Gasteiger partial charge is 0.410 e. The van der Waals surface area contributed by atoms with Gasteiger partial charge in [0, 0.05) is 30.6 Å². The van der Waals surface area contributed by atoms with Crippen LogP contribution < -0.4 is 0 Å². The highest BCUT2D eigenvalue weighted by Crippen LogP contribution is 2.36. The van der Waals surface area contributed by atoms with Gasteiger partial charge in [0.25, 0.3) is 0 Å². The van der Waals surface area contributed by atoms with Gasteiger partial charge in [0.1, 0.15) is 5.60 Å².